The quantitative estimate of drug-likeness (QED) is 0.240. The van der Waals surface area contributed by atoms with Crippen LogP contribution in [0, 0.1) is 0 Å². The molecule has 0 radical (unpaired) electrons. The third-order valence-corrected chi connectivity index (χ3v) is 5.79. The molecule has 34 heavy (non-hydrogen) atoms. The van der Waals surface area contributed by atoms with Crippen LogP contribution in [0.2, 0.25) is 0 Å². The van der Waals surface area contributed by atoms with E-state index in [-0.39, 0.29) is 12.5 Å². The van der Waals surface area contributed by atoms with Gasteiger partial charge in [0.05, 0.1) is 18.4 Å². The van der Waals surface area contributed by atoms with E-state index in [1.54, 1.807) is 22.9 Å². The summed E-state index contributed by atoms with van der Waals surface area (Å²) in [5, 5.41) is 11.4. The minimum absolute atomic E-state index is 0.203. The van der Waals surface area contributed by atoms with Gasteiger partial charge in [0.1, 0.15) is 5.69 Å². The normalized spacial score (nSPS) is 10.9. The summed E-state index contributed by atoms with van der Waals surface area (Å²) in [7, 11) is 0. The topological polar surface area (TPSA) is 88.4 Å². The lowest BCUT2D eigenvalue weighted by Crippen LogP contribution is -2.34. The van der Waals surface area contributed by atoms with E-state index in [4.69, 9.17) is 5.10 Å². The molecule has 170 valence electrons. The van der Waals surface area contributed by atoms with Crippen LogP contribution in [0.25, 0.3) is 16.9 Å². The van der Waals surface area contributed by atoms with Gasteiger partial charge in [-0.1, -0.05) is 68.3 Å². The summed E-state index contributed by atoms with van der Waals surface area (Å²) in [6.07, 6.45) is 3.38. The molecular formula is C25H19Br2N5O2. The number of nitrogens with zero attached hydrogens (tertiary/aromatic N) is 3. The van der Waals surface area contributed by atoms with Crippen molar-refractivity contribution in [3.05, 3.63) is 105 Å². The lowest BCUT2D eigenvalue weighted by Gasteiger charge is -2.04. The van der Waals surface area contributed by atoms with E-state index in [2.05, 4.69) is 47.7 Å². The van der Waals surface area contributed by atoms with Gasteiger partial charge in [0, 0.05) is 31.8 Å². The van der Waals surface area contributed by atoms with Crippen molar-refractivity contribution in [3.8, 4) is 16.9 Å². The molecule has 0 aliphatic rings. The molecule has 3 aromatic carbocycles. The first-order valence-corrected chi connectivity index (χ1v) is 11.8. The second-order valence-corrected chi connectivity index (χ2v) is 9.04. The Morgan fingerprint density at radius 3 is 2.44 bits per heavy atom. The largest absolute Gasteiger partial charge is 0.343 e. The highest BCUT2D eigenvalue weighted by Gasteiger charge is 2.12. The summed E-state index contributed by atoms with van der Waals surface area (Å²) in [5.41, 5.74) is 6.16. The summed E-state index contributed by atoms with van der Waals surface area (Å²) in [6.45, 7) is -0.203. The first-order chi connectivity index (χ1) is 16.5. The number of hydrogen-bond acceptors (Lipinski definition) is 4. The van der Waals surface area contributed by atoms with Crippen molar-refractivity contribution < 1.29 is 9.59 Å². The maximum Gasteiger partial charge on any atom is 0.259 e. The maximum atomic E-state index is 12.2. The van der Waals surface area contributed by atoms with Gasteiger partial charge in [-0.25, -0.2) is 10.1 Å². The van der Waals surface area contributed by atoms with Gasteiger partial charge in [-0.15, -0.1) is 0 Å². The van der Waals surface area contributed by atoms with E-state index in [1.807, 2.05) is 66.9 Å². The van der Waals surface area contributed by atoms with Crippen LogP contribution in [0.15, 0.2) is 99.1 Å². The average Bonchev–Trinajstić information content (AvgIpc) is 3.27. The van der Waals surface area contributed by atoms with Gasteiger partial charge in [-0.05, 0) is 42.5 Å². The molecule has 1 heterocycles. The maximum absolute atomic E-state index is 12.2. The molecule has 2 amide bonds. The molecule has 0 saturated heterocycles. The molecule has 0 unspecified atom stereocenters. The van der Waals surface area contributed by atoms with Gasteiger partial charge in [0.2, 0.25) is 0 Å². The smallest absolute Gasteiger partial charge is 0.259 e. The van der Waals surface area contributed by atoms with Gasteiger partial charge >= 0.3 is 0 Å². The molecular weight excluding hydrogens is 562 g/mol. The molecule has 0 saturated carbocycles. The Kier molecular flexibility index (Phi) is 7.66. The van der Waals surface area contributed by atoms with Crippen molar-refractivity contribution in [2.24, 2.45) is 5.10 Å². The van der Waals surface area contributed by atoms with Gasteiger partial charge in [0.25, 0.3) is 11.8 Å². The predicted octanol–water partition coefficient (Wildman–Crippen LogP) is 4.94. The van der Waals surface area contributed by atoms with E-state index < -0.39 is 5.91 Å². The zero-order valence-electron chi connectivity index (χ0n) is 17.8. The fraction of sp³-hybridized carbons (Fsp3) is 0.0400. The van der Waals surface area contributed by atoms with Crippen LogP contribution in [0.3, 0.4) is 0 Å². The summed E-state index contributed by atoms with van der Waals surface area (Å²) < 4.78 is 3.51. The molecule has 0 fully saturated rings. The Hall–Kier alpha value is -3.56. The predicted molar refractivity (Wildman–Crippen MR) is 139 cm³/mol. The van der Waals surface area contributed by atoms with Crippen molar-refractivity contribution in [1.29, 1.82) is 0 Å². The highest BCUT2D eigenvalue weighted by molar-refractivity contribution is 9.10. The SMILES string of the molecule is O=C(CNC(=O)c1cccc(Br)c1)N/N=C\c1cn(-c2ccccc2)nc1-c1ccc(Br)cc1. The van der Waals surface area contributed by atoms with Crippen LogP contribution in [0.1, 0.15) is 15.9 Å². The Morgan fingerprint density at radius 1 is 0.941 bits per heavy atom. The third-order valence-electron chi connectivity index (χ3n) is 4.77. The second kappa shape index (κ2) is 11.0. The molecule has 4 aromatic rings. The molecule has 9 heteroatoms. The van der Waals surface area contributed by atoms with Crippen molar-refractivity contribution in [2.75, 3.05) is 6.54 Å². The van der Waals surface area contributed by atoms with Crippen LogP contribution < -0.4 is 10.7 Å². The molecule has 4 rings (SSSR count). The Bertz CT molecular complexity index is 1340. The minimum Gasteiger partial charge on any atom is -0.343 e. The van der Waals surface area contributed by atoms with Gasteiger partial charge < -0.3 is 5.32 Å². The van der Waals surface area contributed by atoms with Crippen LogP contribution in [0.4, 0.5) is 0 Å². The molecule has 0 spiro atoms. The number of aromatic nitrogens is 2. The highest BCUT2D eigenvalue weighted by Crippen LogP contribution is 2.24. The number of halogens is 2. The first kappa shape index (κ1) is 23.6. The van der Waals surface area contributed by atoms with E-state index >= 15 is 0 Å². The number of nitrogens with one attached hydrogen (secondary N) is 2. The molecule has 0 aliphatic carbocycles. The van der Waals surface area contributed by atoms with Crippen LogP contribution in [-0.4, -0.2) is 34.4 Å². The number of amides is 2. The average molecular weight is 581 g/mol. The van der Waals surface area contributed by atoms with Crippen molar-refractivity contribution in [1.82, 2.24) is 20.5 Å². The molecule has 0 atom stereocenters. The van der Waals surface area contributed by atoms with E-state index in [9.17, 15) is 9.59 Å². The van der Waals surface area contributed by atoms with Crippen molar-refractivity contribution >= 4 is 49.9 Å². The number of hydrogen-bond donors (Lipinski definition) is 2. The van der Waals surface area contributed by atoms with Crippen LogP contribution in [-0.2, 0) is 4.79 Å². The first-order valence-electron chi connectivity index (χ1n) is 10.3. The molecule has 2 N–H and O–H groups in total. The lowest BCUT2D eigenvalue weighted by molar-refractivity contribution is -0.120. The lowest BCUT2D eigenvalue weighted by atomic mass is 10.1. The number of hydrazone groups is 1. The van der Waals surface area contributed by atoms with Crippen LogP contribution >= 0.6 is 31.9 Å². The minimum atomic E-state index is -0.444. The Labute approximate surface area is 213 Å². The summed E-state index contributed by atoms with van der Waals surface area (Å²) in [4.78, 5) is 24.4. The molecule has 0 bridgehead atoms. The zero-order valence-corrected chi connectivity index (χ0v) is 21.0. The number of carbonyl (C=O) groups is 2. The number of para-hydroxylation sites is 1. The molecule has 0 aliphatic heterocycles. The van der Waals surface area contributed by atoms with Gasteiger partial charge in [-0.3, -0.25) is 9.59 Å². The standard InChI is InChI=1S/C25H19Br2N5O2/c26-20-11-9-17(10-12-20)24-19(16-32(31-24)22-7-2-1-3-8-22)14-29-30-23(33)15-28-25(34)18-5-4-6-21(27)13-18/h1-14,16H,15H2,(H,28,34)(H,30,33)/b29-14-. The highest BCUT2D eigenvalue weighted by atomic mass is 79.9. The third kappa shape index (κ3) is 6.06. The Morgan fingerprint density at radius 2 is 1.71 bits per heavy atom. The molecule has 1 aromatic heterocycles. The van der Waals surface area contributed by atoms with Gasteiger partial charge in [-0.2, -0.15) is 10.2 Å². The number of rotatable bonds is 7. The zero-order chi connectivity index (χ0) is 23.9. The fourth-order valence-corrected chi connectivity index (χ4v) is 3.80. The van der Waals surface area contributed by atoms with E-state index in [1.165, 1.54) is 6.21 Å². The number of carbonyl (C=O) groups excluding carboxylic acids is 2. The van der Waals surface area contributed by atoms with Crippen molar-refractivity contribution in [3.63, 3.8) is 0 Å². The fourth-order valence-electron chi connectivity index (χ4n) is 3.13. The molecule has 7 nitrogen and oxygen atoms in total. The summed E-state index contributed by atoms with van der Waals surface area (Å²) >= 11 is 6.77. The summed E-state index contributed by atoms with van der Waals surface area (Å²) in [6, 6.07) is 24.4. The Balaban J connectivity index is 1.46. The monoisotopic (exact) mass is 579 g/mol. The second-order valence-electron chi connectivity index (χ2n) is 7.21. The summed E-state index contributed by atoms with van der Waals surface area (Å²) in [5.74, 6) is -0.790. The van der Waals surface area contributed by atoms with Gasteiger partial charge in [0.15, 0.2) is 0 Å². The van der Waals surface area contributed by atoms with E-state index in [0.29, 0.717) is 5.56 Å². The van der Waals surface area contributed by atoms with Crippen molar-refractivity contribution in [2.45, 2.75) is 0 Å². The van der Waals surface area contributed by atoms with E-state index in [0.717, 1.165) is 31.5 Å². The number of benzene rings is 3. The van der Waals surface area contributed by atoms with Crippen LogP contribution in [0.5, 0.6) is 0 Å².